The number of carbonyl (C=O) groups is 1. The second kappa shape index (κ2) is 9.56. The standard InChI is InChI=1S/C22H19N3OS/c23-15-19-11-12-20(18-9-5-2-6-10-18)25-22(19)27-16-21(26)24-14-13-17-7-3-1-4-8-17/h1-12H,13-14,16H2,(H,24,26). The van der Waals surface area contributed by atoms with E-state index in [4.69, 9.17) is 0 Å². The zero-order chi connectivity index (χ0) is 18.9. The van der Waals surface area contributed by atoms with E-state index in [0.29, 0.717) is 17.1 Å². The Morgan fingerprint density at radius 1 is 1.00 bits per heavy atom. The van der Waals surface area contributed by atoms with Crippen LogP contribution < -0.4 is 5.32 Å². The second-order valence-corrected chi connectivity index (χ2v) is 6.87. The molecule has 3 aromatic rings. The summed E-state index contributed by atoms with van der Waals surface area (Å²) >= 11 is 1.29. The van der Waals surface area contributed by atoms with Gasteiger partial charge in [0.05, 0.1) is 17.0 Å². The van der Waals surface area contributed by atoms with Gasteiger partial charge < -0.3 is 5.32 Å². The quantitative estimate of drug-likeness (QED) is 0.634. The van der Waals surface area contributed by atoms with Gasteiger partial charge in [-0.05, 0) is 24.1 Å². The number of pyridine rings is 1. The molecule has 0 atom stereocenters. The molecule has 1 amide bonds. The fourth-order valence-corrected chi connectivity index (χ4v) is 3.38. The minimum atomic E-state index is -0.0632. The summed E-state index contributed by atoms with van der Waals surface area (Å²) in [6, 6.07) is 25.5. The SMILES string of the molecule is N#Cc1ccc(-c2ccccc2)nc1SCC(=O)NCCc1ccccc1. The highest BCUT2D eigenvalue weighted by Crippen LogP contribution is 2.25. The van der Waals surface area contributed by atoms with Crippen LogP contribution in [0, 0.1) is 11.3 Å². The number of benzene rings is 2. The fourth-order valence-electron chi connectivity index (χ4n) is 2.58. The Balaban J connectivity index is 1.58. The average molecular weight is 373 g/mol. The van der Waals surface area contributed by atoms with E-state index in [1.54, 1.807) is 6.07 Å². The molecule has 0 bridgehead atoms. The summed E-state index contributed by atoms with van der Waals surface area (Å²) in [4.78, 5) is 16.7. The van der Waals surface area contributed by atoms with Gasteiger partial charge in [0.15, 0.2) is 0 Å². The molecule has 1 heterocycles. The Morgan fingerprint density at radius 3 is 2.41 bits per heavy atom. The van der Waals surface area contributed by atoms with Crippen LogP contribution >= 0.6 is 11.8 Å². The van der Waals surface area contributed by atoms with E-state index >= 15 is 0 Å². The summed E-state index contributed by atoms with van der Waals surface area (Å²) in [6.07, 6.45) is 0.794. The highest BCUT2D eigenvalue weighted by Gasteiger charge is 2.10. The number of aromatic nitrogens is 1. The normalized spacial score (nSPS) is 10.2. The first-order chi connectivity index (χ1) is 13.3. The van der Waals surface area contributed by atoms with Crippen LogP contribution in [0.3, 0.4) is 0 Å². The lowest BCUT2D eigenvalue weighted by atomic mass is 10.1. The Kier molecular flexibility index (Phi) is 6.61. The van der Waals surface area contributed by atoms with Crippen molar-refractivity contribution in [1.29, 1.82) is 5.26 Å². The van der Waals surface area contributed by atoms with Gasteiger partial charge in [0.2, 0.25) is 5.91 Å². The lowest BCUT2D eigenvalue weighted by Gasteiger charge is -2.08. The van der Waals surface area contributed by atoms with Crippen molar-refractivity contribution >= 4 is 17.7 Å². The molecule has 0 fully saturated rings. The summed E-state index contributed by atoms with van der Waals surface area (Å²) in [6.45, 7) is 0.589. The first-order valence-corrected chi connectivity index (χ1v) is 9.65. The summed E-state index contributed by atoms with van der Waals surface area (Å²) in [5.74, 6) is 0.168. The molecule has 1 N–H and O–H groups in total. The average Bonchev–Trinajstić information content (AvgIpc) is 2.73. The molecule has 5 heteroatoms. The predicted molar refractivity (Wildman–Crippen MR) is 108 cm³/mol. The molecule has 0 radical (unpaired) electrons. The van der Waals surface area contributed by atoms with Crippen molar-refractivity contribution < 1.29 is 4.79 Å². The number of rotatable bonds is 7. The highest BCUT2D eigenvalue weighted by molar-refractivity contribution is 8.00. The van der Waals surface area contributed by atoms with Gasteiger partial charge in [-0.1, -0.05) is 72.4 Å². The molecule has 0 unspecified atom stereocenters. The molecule has 0 saturated heterocycles. The van der Waals surface area contributed by atoms with E-state index in [1.165, 1.54) is 17.3 Å². The lowest BCUT2D eigenvalue weighted by Crippen LogP contribution is -2.27. The third-order valence-electron chi connectivity index (χ3n) is 3.97. The summed E-state index contributed by atoms with van der Waals surface area (Å²) in [7, 11) is 0. The van der Waals surface area contributed by atoms with Gasteiger partial charge >= 0.3 is 0 Å². The number of nitrogens with one attached hydrogen (secondary N) is 1. The van der Waals surface area contributed by atoms with Gasteiger partial charge in [0.1, 0.15) is 11.1 Å². The molecular formula is C22H19N3OS. The Labute approximate surface area is 163 Å². The van der Waals surface area contributed by atoms with Crippen molar-refractivity contribution in [3.63, 3.8) is 0 Å². The minimum absolute atomic E-state index is 0.0632. The Bertz CT molecular complexity index is 937. The van der Waals surface area contributed by atoms with Gasteiger partial charge in [-0.15, -0.1) is 0 Å². The van der Waals surface area contributed by atoms with Crippen molar-refractivity contribution in [3.8, 4) is 17.3 Å². The first kappa shape index (κ1) is 18.7. The molecule has 134 valence electrons. The van der Waals surface area contributed by atoms with E-state index in [1.807, 2.05) is 66.7 Å². The summed E-state index contributed by atoms with van der Waals surface area (Å²) < 4.78 is 0. The molecule has 0 spiro atoms. The number of hydrogen-bond donors (Lipinski definition) is 1. The molecule has 4 nitrogen and oxygen atoms in total. The van der Waals surface area contributed by atoms with Crippen LogP contribution in [0.2, 0.25) is 0 Å². The number of nitrogens with zero attached hydrogens (tertiary/aromatic N) is 2. The maximum atomic E-state index is 12.1. The topological polar surface area (TPSA) is 65.8 Å². The Morgan fingerprint density at radius 2 is 1.70 bits per heavy atom. The van der Waals surface area contributed by atoms with Crippen LogP contribution in [0.4, 0.5) is 0 Å². The van der Waals surface area contributed by atoms with E-state index < -0.39 is 0 Å². The Hall–Kier alpha value is -3.10. The highest BCUT2D eigenvalue weighted by atomic mass is 32.2. The van der Waals surface area contributed by atoms with Gasteiger partial charge in [-0.25, -0.2) is 4.98 Å². The summed E-state index contributed by atoms with van der Waals surface area (Å²) in [5, 5.41) is 12.8. The van der Waals surface area contributed by atoms with Gasteiger partial charge in [-0.3, -0.25) is 4.79 Å². The van der Waals surface area contributed by atoms with Gasteiger partial charge in [-0.2, -0.15) is 5.26 Å². The molecule has 0 aliphatic heterocycles. The van der Waals surface area contributed by atoms with Crippen LogP contribution in [0.25, 0.3) is 11.3 Å². The summed E-state index contributed by atoms with van der Waals surface area (Å²) in [5.41, 5.74) is 3.45. The molecule has 0 aliphatic rings. The maximum absolute atomic E-state index is 12.1. The van der Waals surface area contributed by atoms with Crippen molar-refractivity contribution in [3.05, 3.63) is 83.9 Å². The molecular weight excluding hydrogens is 354 g/mol. The number of nitriles is 1. The first-order valence-electron chi connectivity index (χ1n) is 8.66. The third-order valence-corrected chi connectivity index (χ3v) is 4.96. The third kappa shape index (κ3) is 5.44. The second-order valence-electron chi connectivity index (χ2n) is 5.90. The van der Waals surface area contributed by atoms with Crippen molar-refractivity contribution in [2.45, 2.75) is 11.4 Å². The zero-order valence-electron chi connectivity index (χ0n) is 14.8. The van der Waals surface area contributed by atoms with Crippen LogP contribution in [0.5, 0.6) is 0 Å². The molecule has 0 saturated carbocycles. The van der Waals surface area contributed by atoms with Crippen LogP contribution in [0.1, 0.15) is 11.1 Å². The van der Waals surface area contributed by atoms with Crippen LogP contribution in [0.15, 0.2) is 77.8 Å². The molecule has 3 rings (SSSR count). The van der Waals surface area contributed by atoms with E-state index in [2.05, 4.69) is 16.4 Å². The van der Waals surface area contributed by atoms with E-state index in [0.717, 1.165) is 17.7 Å². The number of hydrogen-bond acceptors (Lipinski definition) is 4. The molecule has 1 aromatic heterocycles. The monoisotopic (exact) mass is 373 g/mol. The number of thioether (sulfide) groups is 1. The lowest BCUT2D eigenvalue weighted by molar-refractivity contribution is -0.118. The predicted octanol–water partition coefficient (Wildman–Crippen LogP) is 4.07. The van der Waals surface area contributed by atoms with Crippen molar-refractivity contribution in [2.24, 2.45) is 0 Å². The fraction of sp³-hybridized carbons (Fsp3) is 0.136. The molecule has 2 aromatic carbocycles. The smallest absolute Gasteiger partial charge is 0.230 e. The van der Waals surface area contributed by atoms with Gasteiger partial charge in [0, 0.05) is 12.1 Å². The largest absolute Gasteiger partial charge is 0.355 e. The van der Waals surface area contributed by atoms with Crippen LogP contribution in [-0.4, -0.2) is 23.2 Å². The van der Waals surface area contributed by atoms with Gasteiger partial charge in [0.25, 0.3) is 0 Å². The van der Waals surface area contributed by atoms with E-state index in [9.17, 15) is 10.1 Å². The minimum Gasteiger partial charge on any atom is -0.355 e. The van der Waals surface area contributed by atoms with E-state index in [-0.39, 0.29) is 11.7 Å². The molecule has 27 heavy (non-hydrogen) atoms. The van der Waals surface area contributed by atoms with Crippen molar-refractivity contribution in [2.75, 3.05) is 12.3 Å². The van der Waals surface area contributed by atoms with Crippen LogP contribution in [-0.2, 0) is 11.2 Å². The number of carbonyl (C=O) groups excluding carboxylic acids is 1. The zero-order valence-corrected chi connectivity index (χ0v) is 15.6. The maximum Gasteiger partial charge on any atom is 0.230 e. The number of amides is 1. The van der Waals surface area contributed by atoms with Crippen molar-refractivity contribution in [1.82, 2.24) is 10.3 Å². The molecule has 0 aliphatic carbocycles.